The lowest BCUT2D eigenvalue weighted by Crippen LogP contribution is -2.15. The van der Waals surface area contributed by atoms with Crippen LogP contribution < -0.4 is 5.32 Å². The number of benzene rings is 1. The Morgan fingerprint density at radius 1 is 1.22 bits per heavy atom. The fourth-order valence-electron chi connectivity index (χ4n) is 2.63. The van der Waals surface area contributed by atoms with Crippen LogP contribution in [0.2, 0.25) is 0 Å². The number of rotatable bonds is 3. The van der Waals surface area contributed by atoms with Crippen LogP contribution in [0.15, 0.2) is 18.3 Å². The maximum absolute atomic E-state index is 14.6. The Hall–Kier alpha value is -2.41. The molecule has 0 radical (unpaired) electrons. The topological polar surface area (TPSA) is 67.9 Å². The fourth-order valence-corrected chi connectivity index (χ4v) is 2.63. The number of aryl methyl sites for hydroxylation is 3. The summed E-state index contributed by atoms with van der Waals surface area (Å²) >= 11 is 0. The highest BCUT2D eigenvalue weighted by atomic mass is 19.1. The van der Waals surface area contributed by atoms with Crippen molar-refractivity contribution in [1.82, 2.24) is 19.6 Å². The Bertz CT molecular complexity index is 888. The first-order valence-electron chi connectivity index (χ1n) is 7.33. The van der Waals surface area contributed by atoms with Gasteiger partial charge in [-0.1, -0.05) is 0 Å². The number of anilines is 2. The average molecular weight is 317 g/mol. The molecule has 23 heavy (non-hydrogen) atoms. The Morgan fingerprint density at radius 2 is 1.91 bits per heavy atom. The maximum atomic E-state index is 14.6. The van der Waals surface area contributed by atoms with Crippen LogP contribution in [0.25, 0.3) is 10.9 Å². The zero-order valence-corrected chi connectivity index (χ0v) is 13.8. The van der Waals surface area contributed by atoms with Gasteiger partial charge in [0, 0.05) is 20.3 Å². The van der Waals surface area contributed by atoms with Gasteiger partial charge >= 0.3 is 0 Å². The smallest absolute Gasteiger partial charge is 0.163 e. The quantitative estimate of drug-likeness (QED) is 0.779. The normalized spacial score (nSPS) is 12.1. The van der Waals surface area contributed by atoms with E-state index in [1.807, 2.05) is 20.2 Å². The highest BCUT2D eigenvalue weighted by Crippen LogP contribution is 2.32. The van der Waals surface area contributed by atoms with Crippen LogP contribution in [0.4, 0.5) is 15.9 Å². The monoisotopic (exact) mass is 317 g/mol. The lowest BCUT2D eigenvalue weighted by molar-refractivity contribution is 0.0784. The molecule has 0 bridgehead atoms. The summed E-state index contributed by atoms with van der Waals surface area (Å²) in [4.78, 5) is 0. The summed E-state index contributed by atoms with van der Waals surface area (Å²) in [6.07, 6.45) is 1.82. The zero-order valence-electron chi connectivity index (χ0n) is 13.8. The molecule has 0 atom stereocenters. The van der Waals surface area contributed by atoms with Crippen LogP contribution in [0.1, 0.15) is 25.1 Å². The molecule has 0 fully saturated rings. The minimum absolute atomic E-state index is 0.392. The Morgan fingerprint density at radius 3 is 2.48 bits per heavy atom. The highest BCUT2D eigenvalue weighted by molar-refractivity contribution is 5.93. The minimum Gasteiger partial charge on any atom is -0.386 e. The van der Waals surface area contributed by atoms with Crippen LogP contribution in [-0.2, 0) is 19.7 Å². The molecule has 2 heterocycles. The van der Waals surface area contributed by atoms with Crippen molar-refractivity contribution in [2.24, 2.45) is 14.1 Å². The van der Waals surface area contributed by atoms with E-state index in [4.69, 9.17) is 0 Å². The van der Waals surface area contributed by atoms with Gasteiger partial charge in [-0.2, -0.15) is 10.2 Å². The van der Waals surface area contributed by atoms with Gasteiger partial charge in [0.2, 0.25) is 0 Å². The van der Waals surface area contributed by atoms with Crippen LogP contribution in [0, 0.1) is 12.7 Å². The number of nitrogens with zero attached hydrogens (tertiary/aromatic N) is 4. The third-order valence-corrected chi connectivity index (χ3v) is 3.88. The first-order chi connectivity index (χ1) is 10.7. The highest BCUT2D eigenvalue weighted by Gasteiger charge is 2.22. The summed E-state index contributed by atoms with van der Waals surface area (Å²) in [6, 6.07) is 3.11. The van der Waals surface area contributed by atoms with Crippen molar-refractivity contribution in [3.8, 4) is 0 Å². The molecule has 1 aromatic carbocycles. The number of aromatic nitrogens is 4. The lowest BCUT2D eigenvalue weighted by atomic mass is 9.97. The number of fused-ring (bicyclic) bond motifs is 1. The molecular weight excluding hydrogens is 297 g/mol. The second kappa shape index (κ2) is 5.06. The van der Waals surface area contributed by atoms with Gasteiger partial charge in [0.1, 0.15) is 5.82 Å². The van der Waals surface area contributed by atoms with Gasteiger partial charge < -0.3 is 10.4 Å². The average Bonchev–Trinajstić information content (AvgIpc) is 2.90. The molecule has 2 N–H and O–H groups in total. The van der Waals surface area contributed by atoms with Crippen LogP contribution in [0.3, 0.4) is 0 Å². The van der Waals surface area contributed by atoms with Crippen molar-refractivity contribution in [1.29, 1.82) is 0 Å². The van der Waals surface area contributed by atoms with Crippen molar-refractivity contribution in [3.05, 3.63) is 35.4 Å². The first kappa shape index (κ1) is 15.5. The number of halogens is 1. The molecule has 122 valence electrons. The summed E-state index contributed by atoms with van der Waals surface area (Å²) < 4.78 is 17.9. The largest absolute Gasteiger partial charge is 0.386 e. The van der Waals surface area contributed by atoms with E-state index in [-0.39, 0.29) is 0 Å². The van der Waals surface area contributed by atoms with E-state index in [1.54, 1.807) is 36.3 Å². The van der Waals surface area contributed by atoms with E-state index < -0.39 is 11.4 Å². The second-order valence-electron chi connectivity index (χ2n) is 6.31. The molecule has 0 spiro atoms. The Balaban J connectivity index is 2.14. The van der Waals surface area contributed by atoms with E-state index >= 15 is 0 Å². The predicted molar refractivity (Wildman–Crippen MR) is 87.1 cm³/mol. The molecule has 0 aliphatic rings. The van der Waals surface area contributed by atoms with Crippen LogP contribution >= 0.6 is 0 Å². The van der Waals surface area contributed by atoms with Crippen molar-refractivity contribution in [2.75, 3.05) is 5.32 Å². The van der Waals surface area contributed by atoms with E-state index in [1.165, 1.54) is 6.07 Å². The molecule has 0 aliphatic heterocycles. The van der Waals surface area contributed by atoms with E-state index in [0.29, 0.717) is 22.3 Å². The molecule has 6 nitrogen and oxygen atoms in total. The Kier molecular flexibility index (Phi) is 3.40. The molecule has 0 amide bonds. The van der Waals surface area contributed by atoms with Gasteiger partial charge in [0.05, 0.1) is 27.9 Å². The van der Waals surface area contributed by atoms with E-state index in [0.717, 1.165) is 11.4 Å². The number of aliphatic hydroxyl groups is 1. The molecule has 0 unspecified atom stereocenters. The van der Waals surface area contributed by atoms with Gasteiger partial charge in [-0.3, -0.25) is 9.36 Å². The van der Waals surface area contributed by atoms with Gasteiger partial charge in [-0.15, -0.1) is 0 Å². The number of hydrogen-bond acceptors (Lipinski definition) is 4. The van der Waals surface area contributed by atoms with Crippen LogP contribution in [0.5, 0.6) is 0 Å². The predicted octanol–water partition coefficient (Wildman–Crippen LogP) is 2.73. The minimum atomic E-state index is -1.12. The number of nitrogens with one attached hydrogen (secondary N) is 1. The van der Waals surface area contributed by atoms with E-state index in [9.17, 15) is 9.50 Å². The fraction of sp³-hybridized carbons (Fsp3) is 0.375. The van der Waals surface area contributed by atoms with Gasteiger partial charge in [-0.05, 0) is 38.5 Å². The summed E-state index contributed by atoms with van der Waals surface area (Å²) in [5.41, 5.74) is 1.59. The lowest BCUT2D eigenvalue weighted by Gasteiger charge is -2.18. The van der Waals surface area contributed by atoms with Crippen molar-refractivity contribution >= 4 is 22.4 Å². The standard InChI is InChI=1S/C16H20FN5O/c1-9-12(8-21(4)19-9)18-15-14-11(17)6-10(16(2,3)23)7-13(14)22(5)20-15/h6-8,23H,1-5H3,(H,18,20). The second-order valence-corrected chi connectivity index (χ2v) is 6.31. The Labute approximate surface area is 133 Å². The summed E-state index contributed by atoms with van der Waals surface area (Å²) in [7, 11) is 3.57. The maximum Gasteiger partial charge on any atom is 0.163 e. The van der Waals surface area contributed by atoms with Crippen molar-refractivity contribution < 1.29 is 9.50 Å². The van der Waals surface area contributed by atoms with Gasteiger partial charge in [0.15, 0.2) is 5.82 Å². The zero-order chi connectivity index (χ0) is 16.9. The van der Waals surface area contributed by atoms with Crippen LogP contribution in [-0.4, -0.2) is 24.7 Å². The van der Waals surface area contributed by atoms with Gasteiger partial charge in [0.25, 0.3) is 0 Å². The van der Waals surface area contributed by atoms with Gasteiger partial charge in [-0.25, -0.2) is 4.39 Å². The molecule has 3 rings (SSSR count). The summed E-state index contributed by atoms with van der Waals surface area (Å²) in [5, 5.41) is 22.3. The first-order valence-corrected chi connectivity index (χ1v) is 7.33. The number of hydrogen-bond donors (Lipinski definition) is 2. The van der Waals surface area contributed by atoms with Crippen molar-refractivity contribution in [3.63, 3.8) is 0 Å². The third-order valence-electron chi connectivity index (χ3n) is 3.88. The molecular formula is C16H20FN5O. The third kappa shape index (κ3) is 2.68. The SMILES string of the molecule is Cc1nn(C)cc1Nc1nn(C)c2cc(C(C)(C)O)cc(F)c12. The molecule has 3 aromatic rings. The molecule has 2 aromatic heterocycles. The van der Waals surface area contributed by atoms with E-state index in [2.05, 4.69) is 15.5 Å². The molecule has 0 saturated heterocycles. The summed E-state index contributed by atoms with van der Waals surface area (Å²) in [5.74, 6) is 0.00941. The summed E-state index contributed by atoms with van der Waals surface area (Å²) in [6.45, 7) is 5.13. The molecule has 0 saturated carbocycles. The molecule has 0 aliphatic carbocycles. The molecule has 7 heteroatoms. The van der Waals surface area contributed by atoms with Crippen molar-refractivity contribution in [2.45, 2.75) is 26.4 Å².